The highest BCUT2D eigenvalue weighted by Crippen LogP contribution is 2.30. The van der Waals surface area contributed by atoms with Crippen LogP contribution in [-0.2, 0) is 11.3 Å². The molecule has 0 aromatic carbocycles. The van der Waals surface area contributed by atoms with Crippen LogP contribution in [0, 0.1) is 0 Å². The molecular formula is C18H26N4OS2. The topological polar surface area (TPSA) is 51.0 Å². The SMILES string of the molecule is CCn1c(S[C@@H](C)C(=O)N(C)C2CCCCC2)nnc1-c1cccs1. The Labute approximate surface area is 157 Å². The first-order valence-electron chi connectivity index (χ1n) is 9.02. The molecule has 136 valence electrons. The van der Waals surface area contributed by atoms with E-state index >= 15 is 0 Å². The highest BCUT2D eigenvalue weighted by molar-refractivity contribution is 8.00. The van der Waals surface area contributed by atoms with Crippen LogP contribution in [0.2, 0.25) is 0 Å². The summed E-state index contributed by atoms with van der Waals surface area (Å²) in [6, 6.07) is 4.48. The van der Waals surface area contributed by atoms with Gasteiger partial charge in [0.15, 0.2) is 11.0 Å². The lowest BCUT2D eigenvalue weighted by atomic mass is 9.94. The molecule has 1 atom stereocenters. The third kappa shape index (κ3) is 4.08. The molecule has 25 heavy (non-hydrogen) atoms. The molecule has 0 aliphatic heterocycles. The number of carbonyl (C=O) groups excluding carboxylic acids is 1. The first kappa shape index (κ1) is 18.5. The zero-order valence-corrected chi connectivity index (χ0v) is 16.8. The Morgan fingerprint density at radius 2 is 2.16 bits per heavy atom. The van der Waals surface area contributed by atoms with Gasteiger partial charge in [-0.15, -0.1) is 21.5 Å². The molecule has 1 saturated carbocycles. The third-order valence-corrected chi connectivity index (χ3v) is 6.81. The number of aromatic nitrogens is 3. The van der Waals surface area contributed by atoms with Crippen molar-refractivity contribution in [2.75, 3.05) is 7.05 Å². The quantitative estimate of drug-likeness (QED) is 0.703. The van der Waals surface area contributed by atoms with Gasteiger partial charge < -0.3 is 9.47 Å². The summed E-state index contributed by atoms with van der Waals surface area (Å²) in [5.74, 6) is 1.08. The van der Waals surface area contributed by atoms with Gasteiger partial charge in [-0.05, 0) is 38.1 Å². The average Bonchev–Trinajstić information content (AvgIpc) is 3.30. The number of thiophene rings is 1. The summed E-state index contributed by atoms with van der Waals surface area (Å²) < 4.78 is 2.10. The van der Waals surface area contributed by atoms with Crippen LogP contribution in [0.4, 0.5) is 0 Å². The monoisotopic (exact) mass is 378 g/mol. The fraction of sp³-hybridized carbons (Fsp3) is 0.611. The van der Waals surface area contributed by atoms with Crippen molar-refractivity contribution in [2.24, 2.45) is 0 Å². The van der Waals surface area contributed by atoms with Gasteiger partial charge in [0.25, 0.3) is 0 Å². The second-order valence-electron chi connectivity index (χ2n) is 6.53. The molecule has 2 aromatic heterocycles. The van der Waals surface area contributed by atoms with Crippen LogP contribution in [0.5, 0.6) is 0 Å². The largest absolute Gasteiger partial charge is 0.342 e. The number of hydrogen-bond acceptors (Lipinski definition) is 5. The van der Waals surface area contributed by atoms with Gasteiger partial charge in [0.1, 0.15) is 0 Å². The van der Waals surface area contributed by atoms with Crippen molar-refractivity contribution >= 4 is 29.0 Å². The molecule has 0 N–H and O–H groups in total. The van der Waals surface area contributed by atoms with E-state index in [1.165, 1.54) is 31.0 Å². The van der Waals surface area contributed by atoms with E-state index in [0.29, 0.717) is 6.04 Å². The summed E-state index contributed by atoms with van der Waals surface area (Å²) in [6.45, 7) is 4.86. The van der Waals surface area contributed by atoms with Crippen molar-refractivity contribution in [1.82, 2.24) is 19.7 Å². The molecule has 1 fully saturated rings. The zero-order valence-electron chi connectivity index (χ0n) is 15.1. The summed E-state index contributed by atoms with van der Waals surface area (Å²) in [5.41, 5.74) is 0. The molecule has 2 aromatic rings. The Balaban J connectivity index is 1.70. The van der Waals surface area contributed by atoms with E-state index in [0.717, 1.165) is 35.2 Å². The van der Waals surface area contributed by atoms with Crippen LogP contribution < -0.4 is 0 Å². The van der Waals surface area contributed by atoms with Gasteiger partial charge in [0.05, 0.1) is 10.1 Å². The number of hydrogen-bond donors (Lipinski definition) is 0. The van der Waals surface area contributed by atoms with Crippen molar-refractivity contribution in [3.05, 3.63) is 17.5 Å². The van der Waals surface area contributed by atoms with E-state index in [1.807, 2.05) is 30.3 Å². The Hall–Kier alpha value is -1.34. The van der Waals surface area contributed by atoms with E-state index in [-0.39, 0.29) is 11.2 Å². The number of carbonyl (C=O) groups is 1. The minimum atomic E-state index is -0.155. The first-order valence-corrected chi connectivity index (χ1v) is 10.8. The summed E-state index contributed by atoms with van der Waals surface area (Å²) >= 11 is 3.18. The molecule has 7 heteroatoms. The maximum Gasteiger partial charge on any atom is 0.235 e. The van der Waals surface area contributed by atoms with Crippen LogP contribution >= 0.6 is 23.1 Å². The van der Waals surface area contributed by atoms with Crippen LogP contribution in [0.3, 0.4) is 0 Å². The Bertz CT molecular complexity index is 692. The smallest absolute Gasteiger partial charge is 0.235 e. The molecule has 0 unspecified atom stereocenters. The van der Waals surface area contributed by atoms with E-state index in [9.17, 15) is 4.79 Å². The number of thioether (sulfide) groups is 1. The second-order valence-corrected chi connectivity index (χ2v) is 8.78. The van der Waals surface area contributed by atoms with Crippen molar-refractivity contribution in [3.63, 3.8) is 0 Å². The van der Waals surface area contributed by atoms with E-state index < -0.39 is 0 Å². The molecular weight excluding hydrogens is 352 g/mol. The maximum atomic E-state index is 12.8. The zero-order chi connectivity index (χ0) is 17.8. The molecule has 2 heterocycles. The normalized spacial score (nSPS) is 16.8. The number of rotatable bonds is 6. The molecule has 1 aliphatic carbocycles. The van der Waals surface area contributed by atoms with Gasteiger partial charge in [-0.2, -0.15) is 0 Å². The maximum absolute atomic E-state index is 12.8. The molecule has 0 saturated heterocycles. The lowest BCUT2D eigenvalue weighted by Crippen LogP contribution is -2.42. The van der Waals surface area contributed by atoms with Gasteiger partial charge in [0.2, 0.25) is 5.91 Å². The Morgan fingerprint density at radius 1 is 1.40 bits per heavy atom. The fourth-order valence-corrected chi connectivity index (χ4v) is 5.12. The summed E-state index contributed by atoms with van der Waals surface area (Å²) in [4.78, 5) is 15.9. The Morgan fingerprint density at radius 3 is 2.80 bits per heavy atom. The lowest BCUT2D eigenvalue weighted by molar-refractivity contribution is -0.131. The van der Waals surface area contributed by atoms with Crippen LogP contribution in [0.15, 0.2) is 22.7 Å². The van der Waals surface area contributed by atoms with Gasteiger partial charge in [0, 0.05) is 19.6 Å². The number of nitrogens with zero attached hydrogens (tertiary/aromatic N) is 4. The van der Waals surface area contributed by atoms with E-state index in [2.05, 4.69) is 27.8 Å². The second kappa shape index (κ2) is 8.36. The lowest BCUT2D eigenvalue weighted by Gasteiger charge is -2.32. The molecule has 0 radical (unpaired) electrons. The Kier molecular flexibility index (Phi) is 6.17. The predicted molar refractivity (Wildman–Crippen MR) is 104 cm³/mol. The van der Waals surface area contributed by atoms with Gasteiger partial charge >= 0.3 is 0 Å². The van der Waals surface area contributed by atoms with Crippen molar-refractivity contribution in [3.8, 4) is 10.7 Å². The van der Waals surface area contributed by atoms with Gasteiger partial charge in [-0.3, -0.25) is 4.79 Å². The average molecular weight is 379 g/mol. The van der Waals surface area contributed by atoms with Crippen LogP contribution in [-0.4, -0.2) is 43.9 Å². The summed E-state index contributed by atoms with van der Waals surface area (Å²) in [7, 11) is 1.96. The molecule has 0 spiro atoms. The fourth-order valence-electron chi connectivity index (χ4n) is 3.39. The van der Waals surface area contributed by atoms with Gasteiger partial charge in [-0.1, -0.05) is 37.1 Å². The van der Waals surface area contributed by atoms with E-state index in [4.69, 9.17) is 0 Å². The molecule has 0 bridgehead atoms. The highest BCUT2D eigenvalue weighted by Gasteiger charge is 2.27. The molecule has 1 amide bonds. The van der Waals surface area contributed by atoms with E-state index in [1.54, 1.807) is 11.3 Å². The van der Waals surface area contributed by atoms with Crippen molar-refractivity contribution < 1.29 is 4.79 Å². The minimum Gasteiger partial charge on any atom is -0.342 e. The molecule has 5 nitrogen and oxygen atoms in total. The first-order chi connectivity index (χ1) is 12.1. The predicted octanol–water partition coefficient (Wildman–Crippen LogP) is 4.30. The van der Waals surface area contributed by atoms with Crippen LogP contribution in [0.1, 0.15) is 46.0 Å². The summed E-state index contributed by atoms with van der Waals surface area (Å²) in [6.07, 6.45) is 6.03. The molecule has 3 rings (SSSR count). The minimum absolute atomic E-state index is 0.155. The van der Waals surface area contributed by atoms with Crippen molar-refractivity contribution in [1.29, 1.82) is 0 Å². The standard InChI is InChI=1S/C18H26N4OS2/c1-4-22-16(15-11-8-12-24-15)19-20-18(22)25-13(2)17(23)21(3)14-9-6-5-7-10-14/h8,11-14H,4-7,9-10H2,1-3H3/t13-/m0/s1. The van der Waals surface area contributed by atoms with Gasteiger partial charge in [-0.25, -0.2) is 0 Å². The molecule has 1 aliphatic rings. The van der Waals surface area contributed by atoms with Crippen LogP contribution in [0.25, 0.3) is 10.7 Å². The third-order valence-electron chi connectivity index (χ3n) is 4.87. The number of amides is 1. The van der Waals surface area contributed by atoms with Crippen molar-refractivity contribution in [2.45, 2.75) is 68.9 Å². The highest BCUT2D eigenvalue weighted by atomic mass is 32.2. The summed E-state index contributed by atoms with van der Waals surface area (Å²) in [5, 5.41) is 11.4.